The molecule has 0 spiro atoms. The van der Waals surface area contributed by atoms with Gasteiger partial charge in [0.15, 0.2) is 0 Å². The summed E-state index contributed by atoms with van der Waals surface area (Å²) in [5.41, 5.74) is 8.22. The number of thioether (sulfide) groups is 1. The Balaban J connectivity index is 1.37. The Morgan fingerprint density at radius 2 is 1.67 bits per heavy atom. The molecule has 1 aliphatic heterocycles. The molecule has 0 aliphatic carbocycles. The van der Waals surface area contributed by atoms with Crippen molar-refractivity contribution >= 4 is 29.5 Å². The van der Waals surface area contributed by atoms with E-state index in [-0.39, 0.29) is 24.2 Å². The third kappa shape index (κ3) is 6.46. The summed E-state index contributed by atoms with van der Waals surface area (Å²) in [6, 6.07) is 25.0. The van der Waals surface area contributed by atoms with E-state index in [0.29, 0.717) is 30.9 Å². The van der Waals surface area contributed by atoms with Crippen molar-refractivity contribution in [1.82, 2.24) is 4.90 Å². The maximum absolute atomic E-state index is 12.9. The van der Waals surface area contributed by atoms with E-state index in [0.717, 1.165) is 21.8 Å². The molecule has 3 aromatic rings. The summed E-state index contributed by atoms with van der Waals surface area (Å²) in [6.45, 7) is 0.849. The van der Waals surface area contributed by atoms with Crippen molar-refractivity contribution in [2.45, 2.75) is 23.8 Å². The van der Waals surface area contributed by atoms with Gasteiger partial charge >= 0.3 is 5.97 Å². The van der Waals surface area contributed by atoms with Crippen molar-refractivity contribution < 1.29 is 19.4 Å². The number of amides is 1. The summed E-state index contributed by atoms with van der Waals surface area (Å²) in [5.74, 6) is -0.133. The first-order valence-electron chi connectivity index (χ1n) is 11.8. The molecule has 0 aromatic heterocycles. The number of aliphatic carboxylic acids is 1. The lowest BCUT2D eigenvalue weighted by Crippen LogP contribution is -2.39. The van der Waals surface area contributed by atoms with Crippen molar-refractivity contribution in [2.75, 3.05) is 18.9 Å². The Hall–Kier alpha value is -3.78. The average Bonchev–Trinajstić information content (AvgIpc) is 3.17. The number of hydrogen-bond donors (Lipinski definition) is 3. The second kappa shape index (κ2) is 11.8. The van der Waals surface area contributed by atoms with E-state index in [2.05, 4.69) is 0 Å². The number of carboxylic acids is 1. The molecule has 2 unspecified atom stereocenters. The SMILES string of the molecule is N=C(N)c1ccc(-c2ccc(OCC3CC(CC(=O)O)C(=O)N3CCSc3ccccc3)cc2)cc1. The van der Waals surface area contributed by atoms with Gasteiger partial charge in [0, 0.05) is 22.8 Å². The number of carbonyl (C=O) groups excluding carboxylic acids is 1. The molecule has 1 fully saturated rings. The maximum Gasteiger partial charge on any atom is 0.304 e. The fourth-order valence-corrected chi connectivity index (χ4v) is 5.23. The van der Waals surface area contributed by atoms with Gasteiger partial charge < -0.3 is 20.5 Å². The highest BCUT2D eigenvalue weighted by atomic mass is 32.2. The number of hydrogen-bond acceptors (Lipinski definition) is 5. The second-order valence-electron chi connectivity index (χ2n) is 8.70. The van der Waals surface area contributed by atoms with Crippen molar-refractivity contribution in [1.29, 1.82) is 5.41 Å². The number of nitrogen functional groups attached to an aromatic ring is 1. The highest BCUT2D eigenvalue weighted by molar-refractivity contribution is 7.99. The molecule has 0 saturated carbocycles. The smallest absolute Gasteiger partial charge is 0.304 e. The highest BCUT2D eigenvalue weighted by Crippen LogP contribution is 2.30. The molecule has 4 N–H and O–H groups in total. The van der Waals surface area contributed by atoms with Crippen LogP contribution < -0.4 is 10.5 Å². The molecule has 7 nitrogen and oxygen atoms in total. The Bertz CT molecular complexity index is 1200. The minimum Gasteiger partial charge on any atom is -0.491 e. The van der Waals surface area contributed by atoms with E-state index in [4.69, 9.17) is 15.9 Å². The summed E-state index contributed by atoms with van der Waals surface area (Å²) < 4.78 is 6.04. The lowest BCUT2D eigenvalue weighted by molar-refractivity contribution is -0.142. The van der Waals surface area contributed by atoms with Gasteiger partial charge in [-0.3, -0.25) is 15.0 Å². The number of benzene rings is 3. The van der Waals surface area contributed by atoms with Gasteiger partial charge in [-0.1, -0.05) is 54.6 Å². The molecule has 2 atom stereocenters. The molecule has 36 heavy (non-hydrogen) atoms. The van der Waals surface area contributed by atoms with Crippen LogP contribution in [-0.4, -0.2) is 52.7 Å². The monoisotopic (exact) mass is 503 g/mol. The van der Waals surface area contributed by atoms with Crippen LogP contribution in [0.5, 0.6) is 5.75 Å². The minimum absolute atomic E-state index is 0.0361. The quantitative estimate of drug-likeness (QED) is 0.202. The molecule has 186 valence electrons. The van der Waals surface area contributed by atoms with Crippen molar-refractivity contribution in [3.05, 3.63) is 84.4 Å². The fraction of sp³-hybridized carbons (Fsp3) is 0.250. The molecule has 1 saturated heterocycles. The summed E-state index contributed by atoms with van der Waals surface area (Å²) in [6.07, 6.45) is 0.316. The number of amidine groups is 1. The zero-order chi connectivity index (χ0) is 25.5. The lowest BCUT2D eigenvalue weighted by atomic mass is 10.0. The number of rotatable bonds is 11. The molecule has 0 bridgehead atoms. The standard InChI is InChI=1S/C28H29N3O4S/c29-27(30)21-8-6-19(7-9-21)20-10-12-24(13-11-20)35-18-23-16-22(17-26(32)33)28(34)31(23)14-15-36-25-4-2-1-3-5-25/h1-13,22-23H,14-18H2,(H3,29,30)(H,32,33). The Labute approximate surface area is 214 Å². The number of nitrogens with one attached hydrogen (secondary N) is 1. The predicted molar refractivity (Wildman–Crippen MR) is 141 cm³/mol. The van der Waals surface area contributed by atoms with Crippen LogP contribution in [-0.2, 0) is 9.59 Å². The fourth-order valence-electron chi connectivity index (χ4n) is 4.36. The van der Waals surface area contributed by atoms with E-state index in [1.807, 2.05) is 78.9 Å². The first-order chi connectivity index (χ1) is 17.4. The zero-order valence-corrected chi connectivity index (χ0v) is 20.6. The number of ether oxygens (including phenoxy) is 1. The van der Waals surface area contributed by atoms with Gasteiger partial charge in [0.2, 0.25) is 5.91 Å². The van der Waals surface area contributed by atoms with E-state index >= 15 is 0 Å². The Morgan fingerprint density at radius 1 is 1.03 bits per heavy atom. The molecule has 1 amide bonds. The van der Waals surface area contributed by atoms with Gasteiger partial charge in [-0.15, -0.1) is 11.8 Å². The lowest BCUT2D eigenvalue weighted by Gasteiger charge is -2.25. The van der Waals surface area contributed by atoms with Crippen LogP contribution in [0.2, 0.25) is 0 Å². The molecule has 1 aliphatic rings. The average molecular weight is 504 g/mol. The number of nitrogens with two attached hydrogens (primary N) is 1. The van der Waals surface area contributed by atoms with Gasteiger partial charge in [-0.05, 0) is 41.8 Å². The third-order valence-corrected chi connectivity index (χ3v) is 7.21. The van der Waals surface area contributed by atoms with Crippen LogP contribution in [0.3, 0.4) is 0 Å². The van der Waals surface area contributed by atoms with Crippen LogP contribution >= 0.6 is 11.8 Å². The van der Waals surface area contributed by atoms with Gasteiger partial charge in [0.25, 0.3) is 0 Å². The predicted octanol–water partition coefficient (Wildman–Crippen LogP) is 4.50. The number of likely N-dealkylation sites (tertiary alicyclic amines) is 1. The zero-order valence-electron chi connectivity index (χ0n) is 19.8. The summed E-state index contributed by atoms with van der Waals surface area (Å²) >= 11 is 1.67. The van der Waals surface area contributed by atoms with E-state index in [1.165, 1.54) is 0 Å². The van der Waals surface area contributed by atoms with Crippen LogP contribution in [0.4, 0.5) is 0 Å². The molecule has 1 heterocycles. The van der Waals surface area contributed by atoms with Gasteiger partial charge in [0.05, 0.1) is 18.4 Å². The number of nitrogens with zero attached hydrogens (tertiary/aromatic N) is 1. The van der Waals surface area contributed by atoms with E-state index in [1.54, 1.807) is 16.7 Å². The number of carbonyl (C=O) groups is 2. The third-order valence-electron chi connectivity index (χ3n) is 6.22. The normalized spacial score (nSPS) is 17.2. The molecule has 3 aromatic carbocycles. The summed E-state index contributed by atoms with van der Waals surface area (Å²) in [7, 11) is 0. The van der Waals surface area contributed by atoms with Gasteiger partial charge in [-0.2, -0.15) is 0 Å². The largest absolute Gasteiger partial charge is 0.491 e. The molecule has 8 heteroatoms. The van der Waals surface area contributed by atoms with Crippen molar-refractivity contribution in [3.8, 4) is 16.9 Å². The van der Waals surface area contributed by atoms with Crippen molar-refractivity contribution in [2.24, 2.45) is 11.7 Å². The maximum atomic E-state index is 12.9. The molecular weight excluding hydrogens is 474 g/mol. The van der Waals surface area contributed by atoms with Crippen LogP contribution in [0.15, 0.2) is 83.8 Å². The van der Waals surface area contributed by atoms with E-state index < -0.39 is 11.9 Å². The van der Waals surface area contributed by atoms with E-state index in [9.17, 15) is 14.7 Å². The molecular formula is C28H29N3O4S. The van der Waals surface area contributed by atoms with Gasteiger partial charge in [-0.25, -0.2) is 0 Å². The second-order valence-corrected chi connectivity index (χ2v) is 9.87. The number of carboxylic acid groups (broad SMARTS) is 1. The summed E-state index contributed by atoms with van der Waals surface area (Å²) in [4.78, 5) is 27.1. The molecule has 4 rings (SSSR count). The highest BCUT2D eigenvalue weighted by Gasteiger charge is 2.40. The van der Waals surface area contributed by atoms with Crippen LogP contribution in [0.25, 0.3) is 11.1 Å². The molecule has 0 radical (unpaired) electrons. The van der Waals surface area contributed by atoms with Gasteiger partial charge in [0.1, 0.15) is 18.2 Å². The summed E-state index contributed by atoms with van der Waals surface area (Å²) in [5, 5.41) is 16.7. The minimum atomic E-state index is -0.958. The topological polar surface area (TPSA) is 117 Å². The van der Waals surface area contributed by atoms with Crippen LogP contribution in [0, 0.1) is 11.3 Å². The van der Waals surface area contributed by atoms with Crippen LogP contribution in [0.1, 0.15) is 18.4 Å². The van der Waals surface area contributed by atoms with Crippen molar-refractivity contribution in [3.63, 3.8) is 0 Å². The Morgan fingerprint density at radius 3 is 2.28 bits per heavy atom. The Kier molecular flexibility index (Phi) is 8.28. The first-order valence-corrected chi connectivity index (χ1v) is 12.8. The first kappa shape index (κ1) is 25.3.